The monoisotopic (exact) mass is 665 g/mol. The predicted molar refractivity (Wildman–Crippen MR) is 218 cm³/mol. The molecule has 2 aromatic rings. The van der Waals surface area contributed by atoms with Gasteiger partial charge in [0.1, 0.15) is 6.04 Å². The molecular weight excluding hydrogens is 619 g/mol. The van der Waals surface area contributed by atoms with Crippen LogP contribution in [0, 0.1) is 17.8 Å². The lowest BCUT2D eigenvalue weighted by atomic mass is 9.71. The summed E-state index contributed by atoms with van der Waals surface area (Å²) in [5, 5.41) is 0. The highest BCUT2D eigenvalue weighted by molar-refractivity contribution is 6.05. The molecule has 0 radical (unpaired) electrons. The molecule has 1 aromatic carbocycles. The first-order chi connectivity index (χ1) is 25.0. The zero-order valence-electron chi connectivity index (χ0n) is 30.2. The maximum atomic E-state index is 5.24. The Labute approximate surface area is 304 Å². The minimum absolute atomic E-state index is 0.0460. The smallest absolute Gasteiger partial charge is 0.102 e. The molecule has 0 fully saturated rings. The number of aromatic nitrogens is 1. The number of hydrogen-bond donors (Lipinski definition) is 0. The molecule has 2 aliphatic heterocycles. The zero-order valence-corrected chi connectivity index (χ0v) is 30.2. The molecule has 5 aliphatic rings. The van der Waals surface area contributed by atoms with Crippen LogP contribution in [0.5, 0.6) is 0 Å². The summed E-state index contributed by atoms with van der Waals surface area (Å²) in [6, 6.07) is 10.8. The van der Waals surface area contributed by atoms with Gasteiger partial charge in [-0.3, -0.25) is 15.0 Å². The van der Waals surface area contributed by atoms with Crippen molar-refractivity contribution < 1.29 is 0 Å². The summed E-state index contributed by atoms with van der Waals surface area (Å²) in [5.74, 6) is 0.842. The normalized spacial score (nSPS) is 24.8. The van der Waals surface area contributed by atoms with Crippen LogP contribution in [0.3, 0.4) is 0 Å². The Bertz CT molecular complexity index is 2120. The number of para-hydroxylation sites is 1. The molecule has 5 unspecified atom stereocenters. The van der Waals surface area contributed by atoms with E-state index in [0.717, 1.165) is 41.1 Å². The number of rotatable bonds is 9. The Hall–Kier alpha value is -5.41. The van der Waals surface area contributed by atoms with Crippen LogP contribution in [-0.2, 0) is 6.42 Å². The molecule has 51 heavy (non-hydrogen) atoms. The number of nitrogens with zero attached hydrogens (tertiary/aromatic N) is 3. The molecule has 0 saturated heterocycles. The van der Waals surface area contributed by atoms with Crippen LogP contribution in [0.2, 0.25) is 0 Å². The van der Waals surface area contributed by atoms with Crippen LogP contribution in [0.25, 0.3) is 6.08 Å². The molecule has 3 heteroatoms. The SMILES string of the molecule is C=C/C(=C\C=C(/C)C1=Nc2ccccc2CC1/C=C\C(/C=C\CC)=C(C)C)C1=C2C=CC=CC2C(c2ccnc3c2C=CC2C=CC=NC32)C=C1. The molecule has 254 valence electrons. The molecule has 0 amide bonds. The first-order valence-electron chi connectivity index (χ1n) is 18.3. The standard InChI is InChI=1S/C48H47N3/c1-6-8-14-35(32(3)4)22-23-38-31-37-15-9-12-19-45(37)51-46(38)33(5)20-21-34(7-2)39-26-27-42(41-18-11-10-17-40(39)41)43-28-30-50-48-44(43)25-24-36-16-13-29-49-47(36)48/h7-30,36,38,41-42,47H,2,6,31H2,1,3-5H3/b14-8-,23-22-,33-20+,34-21+. The second kappa shape index (κ2) is 15.2. The van der Waals surface area contributed by atoms with E-state index in [1.807, 2.05) is 24.6 Å². The van der Waals surface area contributed by atoms with Gasteiger partial charge in [0, 0.05) is 41.6 Å². The fourth-order valence-electron chi connectivity index (χ4n) is 7.78. The third-order valence-corrected chi connectivity index (χ3v) is 10.5. The van der Waals surface area contributed by atoms with E-state index in [9.17, 15) is 0 Å². The van der Waals surface area contributed by atoms with Gasteiger partial charge in [0.25, 0.3) is 0 Å². The van der Waals surface area contributed by atoms with Crippen LogP contribution in [0.1, 0.15) is 68.5 Å². The van der Waals surface area contributed by atoms with Gasteiger partial charge in [-0.1, -0.05) is 134 Å². The average molecular weight is 666 g/mol. The van der Waals surface area contributed by atoms with Crippen molar-refractivity contribution >= 4 is 23.7 Å². The van der Waals surface area contributed by atoms with E-state index in [1.165, 1.54) is 39.0 Å². The first kappa shape index (κ1) is 34.1. The van der Waals surface area contributed by atoms with E-state index in [2.05, 4.69) is 156 Å². The number of dihydropyridines is 1. The Kier molecular flexibility index (Phi) is 10.2. The Morgan fingerprint density at radius 2 is 1.78 bits per heavy atom. The summed E-state index contributed by atoms with van der Waals surface area (Å²) in [6.07, 6.45) is 43.8. The first-order valence-corrected chi connectivity index (χ1v) is 18.3. The van der Waals surface area contributed by atoms with Gasteiger partial charge in [-0.05, 0) is 90.8 Å². The summed E-state index contributed by atoms with van der Waals surface area (Å²) in [5.41, 5.74) is 14.4. The molecule has 3 heterocycles. The van der Waals surface area contributed by atoms with Crippen LogP contribution in [0.15, 0.2) is 184 Å². The van der Waals surface area contributed by atoms with E-state index in [1.54, 1.807) is 0 Å². The van der Waals surface area contributed by atoms with Gasteiger partial charge >= 0.3 is 0 Å². The number of aliphatic imine (C=N–C) groups is 2. The van der Waals surface area contributed by atoms with Gasteiger partial charge in [0.2, 0.25) is 0 Å². The molecule has 3 aliphatic carbocycles. The van der Waals surface area contributed by atoms with Crippen molar-refractivity contribution in [1.29, 1.82) is 0 Å². The Morgan fingerprint density at radius 1 is 0.902 bits per heavy atom. The van der Waals surface area contributed by atoms with Gasteiger partial charge in [0.15, 0.2) is 0 Å². The largest absolute Gasteiger partial charge is 0.283 e. The van der Waals surface area contributed by atoms with Crippen molar-refractivity contribution in [3.63, 3.8) is 0 Å². The highest BCUT2D eigenvalue weighted by atomic mass is 14.9. The van der Waals surface area contributed by atoms with Crippen LogP contribution in [-0.4, -0.2) is 16.9 Å². The molecule has 0 spiro atoms. The maximum absolute atomic E-state index is 5.24. The quantitative estimate of drug-likeness (QED) is 0.246. The number of fused-ring (bicyclic) bond motifs is 5. The molecular formula is C48H47N3. The maximum Gasteiger partial charge on any atom is 0.102 e. The van der Waals surface area contributed by atoms with E-state index in [-0.39, 0.29) is 29.7 Å². The van der Waals surface area contributed by atoms with Crippen molar-refractivity contribution in [1.82, 2.24) is 4.98 Å². The van der Waals surface area contributed by atoms with Gasteiger partial charge in [-0.2, -0.15) is 0 Å². The van der Waals surface area contributed by atoms with E-state index < -0.39 is 0 Å². The number of hydrogen-bond acceptors (Lipinski definition) is 3. The molecule has 7 rings (SSSR count). The zero-order chi connectivity index (χ0) is 35.3. The summed E-state index contributed by atoms with van der Waals surface area (Å²) in [4.78, 5) is 14.9. The second-order valence-corrected chi connectivity index (χ2v) is 14.0. The van der Waals surface area contributed by atoms with Crippen molar-refractivity contribution in [3.8, 4) is 0 Å². The number of allylic oxidation sites excluding steroid dienone is 20. The molecule has 1 aromatic heterocycles. The number of benzene rings is 1. The van der Waals surface area contributed by atoms with Gasteiger partial charge in [-0.25, -0.2) is 0 Å². The second-order valence-electron chi connectivity index (χ2n) is 14.0. The van der Waals surface area contributed by atoms with Crippen molar-refractivity contribution in [2.24, 2.45) is 27.7 Å². The predicted octanol–water partition coefficient (Wildman–Crippen LogP) is 12.0. The van der Waals surface area contributed by atoms with Gasteiger partial charge in [-0.15, -0.1) is 0 Å². The summed E-state index contributed by atoms with van der Waals surface area (Å²) in [6.45, 7) is 13.0. The lowest BCUT2D eigenvalue weighted by Crippen LogP contribution is -2.21. The van der Waals surface area contributed by atoms with Crippen molar-refractivity contribution in [3.05, 3.63) is 196 Å². The highest BCUT2D eigenvalue weighted by Crippen LogP contribution is 2.46. The van der Waals surface area contributed by atoms with E-state index in [4.69, 9.17) is 15.0 Å². The third kappa shape index (κ3) is 6.99. The van der Waals surface area contributed by atoms with Gasteiger partial charge in [0.05, 0.1) is 17.1 Å². The van der Waals surface area contributed by atoms with Gasteiger partial charge < -0.3 is 0 Å². The van der Waals surface area contributed by atoms with Crippen molar-refractivity contribution in [2.45, 2.75) is 52.5 Å². The van der Waals surface area contributed by atoms with Crippen LogP contribution < -0.4 is 0 Å². The lowest BCUT2D eigenvalue weighted by Gasteiger charge is -2.34. The highest BCUT2D eigenvalue weighted by Gasteiger charge is 2.33. The lowest BCUT2D eigenvalue weighted by molar-refractivity contribution is 0.587. The molecule has 0 bridgehead atoms. The molecule has 0 saturated carbocycles. The molecule has 5 atom stereocenters. The fraction of sp³-hybridized carbons (Fsp3) is 0.229. The van der Waals surface area contributed by atoms with E-state index >= 15 is 0 Å². The summed E-state index contributed by atoms with van der Waals surface area (Å²) in [7, 11) is 0. The van der Waals surface area contributed by atoms with Crippen LogP contribution >= 0.6 is 0 Å². The summed E-state index contributed by atoms with van der Waals surface area (Å²) < 4.78 is 0. The van der Waals surface area contributed by atoms with Crippen molar-refractivity contribution in [2.75, 3.05) is 0 Å². The Morgan fingerprint density at radius 3 is 2.63 bits per heavy atom. The minimum Gasteiger partial charge on any atom is -0.283 e. The minimum atomic E-state index is 0.0460. The average Bonchev–Trinajstić information content (AvgIpc) is 3.17. The fourth-order valence-corrected chi connectivity index (χ4v) is 7.78. The van der Waals surface area contributed by atoms with E-state index in [0.29, 0.717) is 0 Å². The number of pyridine rings is 1. The Balaban J connectivity index is 1.21. The topological polar surface area (TPSA) is 37.6 Å². The van der Waals surface area contributed by atoms with Crippen LogP contribution in [0.4, 0.5) is 5.69 Å². The third-order valence-electron chi connectivity index (χ3n) is 10.5. The molecule has 0 N–H and O–H groups in total. The molecule has 3 nitrogen and oxygen atoms in total. The summed E-state index contributed by atoms with van der Waals surface area (Å²) >= 11 is 0.